The summed E-state index contributed by atoms with van der Waals surface area (Å²) >= 11 is 0. The van der Waals surface area contributed by atoms with Crippen molar-refractivity contribution in [3.63, 3.8) is 0 Å². The Kier molecular flexibility index (Phi) is 14.1. The van der Waals surface area contributed by atoms with Gasteiger partial charge in [-0.1, -0.05) is 0 Å². The first-order valence-corrected chi connectivity index (χ1v) is 12.2. The SMILES string of the molecule is CC1=CC(=O)/C(=N\Nc2cc([N+](=O)[O-])ccc2O)C=C1C.CC1=CC(=O)/C(=N\Nc2cc([N+](=O)[O-])ccc2O)C=C1C.[Cr].[Na+]. The van der Waals surface area contributed by atoms with E-state index in [0.29, 0.717) is 0 Å². The van der Waals surface area contributed by atoms with Crippen molar-refractivity contribution >= 4 is 45.7 Å². The molecule has 14 nitrogen and oxygen atoms in total. The van der Waals surface area contributed by atoms with Gasteiger partial charge >= 0.3 is 29.6 Å². The van der Waals surface area contributed by atoms with Crippen LogP contribution in [-0.4, -0.2) is 43.0 Å². The van der Waals surface area contributed by atoms with Crippen LogP contribution in [0.2, 0.25) is 0 Å². The Morgan fingerprint density at radius 2 is 0.955 bits per heavy atom. The van der Waals surface area contributed by atoms with E-state index in [4.69, 9.17) is 0 Å². The van der Waals surface area contributed by atoms with Gasteiger partial charge in [-0.2, -0.15) is 10.2 Å². The molecule has 0 aromatic heterocycles. The molecule has 0 saturated heterocycles. The van der Waals surface area contributed by atoms with Crippen LogP contribution >= 0.6 is 0 Å². The summed E-state index contributed by atoms with van der Waals surface area (Å²) in [6.07, 6.45) is 6.14. The molecule has 0 amide bonds. The molecule has 16 heteroatoms. The average molecular weight is 650 g/mol. The van der Waals surface area contributed by atoms with E-state index in [2.05, 4.69) is 21.1 Å². The van der Waals surface area contributed by atoms with E-state index in [9.17, 15) is 40.0 Å². The number of hydrazone groups is 2. The summed E-state index contributed by atoms with van der Waals surface area (Å²) in [6.45, 7) is 7.33. The van der Waals surface area contributed by atoms with Crippen molar-refractivity contribution in [2.45, 2.75) is 27.7 Å². The van der Waals surface area contributed by atoms with Gasteiger partial charge in [-0.3, -0.25) is 40.7 Å². The van der Waals surface area contributed by atoms with Gasteiger partial charge in [0.2, 0.25) is 11.6 Å². The number of aromatic hydroxyl groups is 2. The van der Waals surface area contributed by atoms with Crippen LogP contribution in [0.3, 0.4) is 0 Å². The fourth-order valence-electron chi connectivity index (χ4n) is 3.42. The molecule has 0 atom stereocenters. The Balaban J connectivity index is 0.000000421. The summed E-state index contributed by atoms with van der Waals surface area (Å²) in [5, 5.41) is 48.4. The summed E-state index contributed by atoms with van der Waals surface area (Å²) < 4.78 is 0. The van der Waals surface area contributed by atoms with Gasteiger partial charge in [0.25, 0.3) is 11.4 Å². The topological polar surface area (TPSA) is 210 Å². The molecule has 0 heterocycles. The number of non-ortho nitro benzene ring substituents is 2. The van der Waals surface area contributed by atoms with Crippen molar-refractivity contribution in [2.75, 3.05) is 10.9 Å². The number of nitro groups is 2. The number of hydrogen-bond acceptors (Lipinski definition) is 12. The Morgan fingerprint density at radius 3 is 1.27 bits per heavy atom. The number of nitrogens with one attached hydrogen (secondary N) is 2. The Morgan fingerprint density at radius 1 is 0.636 bits per heavy atom. The van der Waals surface area contributed by atoms with Crippen molar-refractivity contribution < 1.29 is 76.6 Å². The van der Waals surface area contributed by atoms with Crippen LogP contribution in [0.15, 0.2) is 93.2 Å². The molecule has 44 heavy (non-hydrogen) atoms. The third kappa shape index (κ3) is 9.83. The summed E-state index contributed by atoms with van der Waals surface area (Å²) in [5.74, 6) is -0.924. The number of rotatable bonds is 6. The van der Waals surface area contributed by atoms with Gasteiger partial charge in [-0.05, 0) is 86.4 Å². The van der Waals surface area contributed by atoms with Crippen LogP contribution < -0.4 is 40.4 Å². The number of nitro benzene ring substituents is 2. The van der Waals surface area contributed by atoms with Crippen LogP contribution in [0, 0.1) is 20.2 Å². The van der Waals surface area contributed by atoms with E-state index in [-0.39, 0.29) is 104 Å². The standard InChI is InChI=1S/2C14H13N3O4.Cr.Na/c2*1-8-5-11(14(19)6-9(8)2)15-16-12-7-10(17(20)21)3-4-13(12)18;;/h2*3-7,16,18H,1-2H3;;/q;;;+1/b2*15-11-;;. The smallest absolute Gasteiger partial charge is 0.506 e. The molecule has 222 valence electrons. The number of carbonyl (C=O) groups is 2. The molecule has 0 spiro atoms. The number of allylic oxidation sites excluding steroid dienone is 8. The monoisotopic (exact) mass is 649 g/mol. The maximum atomic E-state index is 11.8. The van der Waals surface area contributed by atoms with Crippen LogP contribution in [0.4, 0.5) is 22.7 Å². The van der Waals surface area contributed by atoms with Crippen LogP contribution in [0.25, 0.3) is 0 Å². The second-order valence-corrected chi connectivity index (χ2v) is 9.17. The summed E-state index contributed by atoms with van der Waals surface area (Å²) in [7, 11) is 0. The molecule has 2 aromatic carbocycles. The van der Waals surface area contributed by atoms with Crippen LogP contribution in [0.5, 0.6) is 11.5 Å². The number of anilines is 2. The van der Waals surface area contributed by atoms with Crippen LogP contribution in [0.1, 0.15) is 27.7 Å². The molecule has 2 aromatic rings. The Hall–Kier alpha value is -4.39. The second kappa shape index (κ2) is 16.5. The normalized spacial score (nSPS) is 15.7. The van der Waals surface area contributed by atoms with E-state index < -0.39 is 9.85 Å². The van der Waals surface area contributed by atoms with Gasteiger partial charge in [0, 0.05) is 41.6 Å². The predicted octanol–water partition coefficient (Wildman–Crippen LogP) is 2.09. The van der Waals surface area contributed by atoms with E-state index in [1.54, 1.807) is 12.2 Å². The first-order chi connectivity index (χ1) is 19.8. The molecule has 0 aliphatic heterocycles. The van der Waals surface area contributed by atoms with E-state index in [1.165, 1.54) is 36.4 Å². The van der Waals surface area contributed by atoms with Gasteiger partial charge in [0.1, 0.15) is 34.3 Å². The van der Waals surface area contributed by atoms with Gasteiger partial charge < -0.3 is 10.2 Å². The van der Waals surface area contributed by atoms with Gasteiger partial charge in [-0.15, -0.1) is 0 Å². The first-order valence-electron chi connectivity index (χ1n) is 12.2. The molecule has 2 aliphatic carbocycles. The average Bonchev–Trinajstić information content (AvgIpc) is 2.93. The molecule has 2 aliphatic rings. The fourth-order valence-corrected chi connectivity index (χ4v) is 3.42. The minimum Gasteiger partial charge on any atom is -0.506 e. The third-order valence-electron chi connectivity index (χ3n) is 6.13. The maximum absolute atomic E-state index is 11.8. The Bertz CT molecular complexity index is 1570. The number of nitrogens with zero attached hydrogens (tertiary/aromatic N) is 4. The zero-order valence-corrected chi connectivity index (χ0v) is 27.6. The first kappa shape index (κ1) is 37.6. The zero-order chi connectivity index (χ0) is 31.1. The van der Waals surface area contributed by atoms with Crippen LogP contribution in [-0.2, 0) is 27.0 Å². The number of phenolic OH excluding ortho intramolecular Hbond substituents is 2. The molecule has 0 unspecified atom stereocenters. The number of benzene rings is 2. The second-order valence-electron chi connectivity index (χ2n) is 9.17. The largest absolute Gasteiger partial charge is 1.00 e. The van der Waals surface area contributed by atoms with E-state index >= 15 is 0 Å². The molecule has 0 bridgehead atoms. The molecule has 4 N–H and O–H groups in total. The van der Waals surface area contributed by atoms with Gasteiger partial charge in [0.05, 0.1) is 9.85 Å². The molecular weight excluding hydrogens is 623 g/mol. The quantitative estimate of drug-likeness (QED) is 0.118. The molecule has 0 radical (unpaired) electrons. The summed E-state index contributed by atoms with van der Waals surface area (Å²) in [5.41, 5.74) is 8.57. The summed E-state index contributed by atoms with van der Waals surface area (Å²) in [4.78, 5) is 43.8. The Labute approximate surface area is 284 Å². The fraction of sp³-hybridized carbons (Fsp3) is 0.143. The van der Waals surface area contributed by atoms with E-state index in [0.717, 1.165) is 34.4 Å². The molecule has 0 fully saturated rings. The van der Waals surface area contributed by atoms with Crippen molar-refractivity contribution in [3.8, 4) is 11.5 Å². The maximum Gasteiger partial charge on any atom is 1.00 e. The van der Waals surface area contributed by atoms with Gasteiger partial charge in [0.15, 0.2) is 0 Å². The van der Waals surface area contributed by atoms with Crippen molar-refractivity contribution in [1.29, 1.82) is 0 Å². The van der Waals surface area contributed by atoms with Gasteiger partial charge in [-0.25, -0.2) is 0 Å². The number of phenols is 2. The number of hydrogen-bond donors (Lipinski definition) is 4. The van der Waals surface area contributed by atoms with Crippen molar-refractivity contribution in [3.05, 3.63) is 103 Å². The van der Waals surface area contributed by atoms with Crippen molar-refractivity contribution in [1.82, 2.24) is 0 Å². The third-order valence-corrected chi connectivity index (χ3v) is 6.13. The molecule has 0 saturated carbocycles. The molecular formula is C28H26CrN6NaO8+. The zero-order valence-electron chi connectivity index (χ0n) is 24.3. The predicted molar refractivity (Wildman–Crippen MR) is 157 cm³/mol. The molecule has 4 rings (SSSR count). The number of carbonyl (C=O) groups excluding carboxylic acids is 2. The minimum absolute atomic E-state index is 0. The summed E-state index contributed by atoms with van der Waals surface area (Å²) in [6, 6.07) is 7.02. The number of ketones is 2. The van der Waals surface area contributed by atoms with Crippen molar-refractivity contribution in [2.24, 2.45) is 10.2 Å². The minimum atomic E-state index is -0.584. The van der Waals surface area contributed by atoms with E-state index in [1.807, 2.05) is 27.7 Å².